The molecule has 2 aromatic carbocycles. The highest BCUT2D eigenvalue weighted by atomic mass is 16.7. The monoisotopic (exact) mass is 340 g/mol. The van der Waals surface area contributed by atoms with Crippen LogP contribution in [-0.2, 0) is 12.1 Å². The van der Waals surface area contributed by atoms with Crippen LogP contribution < -0.4 is 24.8 Å². The minimum atomic E-state index is -0.259. The van der Waals surface area contributed by atoms with Gasteiger partial charge in [0.1, 0.15) is 5.75 Å². The zero-order valence-corrected chi connectivity index (χ0v) is 14.0. The van der Waals surface area contributed by atoms with Gasteiger partial charge in [-0.15, -0.1) is 0 Å². The minimum absolute atomic E-state index is 0.175. The largest absolute Gasteiger partial charge is 0.497 e. The van der Waals surface area contributed by atoms with Crippen LogP contribution in [0.3, 0.4) is 0 Å². The Balaban J connectivity index is 1.35. The van der Waals surface area contributed by atoms with Crippen molar-refractivity contribution in [1.29, 1.82) is 0 Å². The number of carbonyl (C=O) groups is 1. The fraction of sp³-hybridized carbons (Fsp3) is 0.316. The maximum absolute atomic E-state index is 12.3. The van der Waals surface area contributed by atoms with E-state index in [0.717, 1.165) is 41.2 Å². The van der Waals surface area contributed by atoms with Crippen LogP contribution in [0.25, 0.3) is 0 Å². The Hall–Kier alpha value is -2.89. The Morgan fingerprint density at radius 1 is 1.12 bits per heavy atom. The van der Waals surface area contributed by atoms with Gasteiger partial charge in [-0.05, 0) is 48.2 Å². The zero-order valence-electron chi connectivity index (χ0n) is 14.0. The molecule has 2 aliphatic rings. The van der Waals surface area contributed by atoms with Gasteiger partial charge >= 0.3 is 6.03 Å². The van der Waals surface area contributed by atoms with Gasteiger partial charge in [0, 0.05) is 6.54 Å². The summed E-state index contributed by atoms with van der Waals surface area (Å²) >= 11 is 0. The van der Waals surface area contributed by atoms with Crippen LogP contribution in [0.5, 0.6) is 17.2 Å². The molecule has 2 N–H and O–H groups in total. The van der Waals surface area contributed by atoms with Crippen molar-refractivity contribution in [3.63, 3.8) is 0 Å². The summed E-state index contributed by atoms with van der Waals surface area (Å²) in [6.45, 7) is 0.679. The van der Waals surface area contributed by atoms with Crippen LogP contribution in [-0.4, -0.2) is 19.9 Å². The van der Waals surface area contributed by atoms with E-state index in [1.165, 1.54) is 0 Å². The zero-order chi connectivity index (χ0) is 17.3. The molecule has 1 heterocycles. The van der Waals surface area contributed by atoms with E-state index in [-0.39, 0.29) is 18.4 Å². The number of hydrogen-bond donors (Lipinski definition) is 2. The second-order valence-corrected chi connectivity index (χ2v) is 6.31. The summed E-state index contributed by atoms with van der Waals surface area (Å²) in [6.07, 6.45) is 1.88. The Labute approximate surface area is 146 Å². The summed E-state index contributed by atoms with van der Waals surface area (Å²) in [6, 6.07) is 13.3. The lowest BCUT2D eigenvalue weighted by Crippen LogP contribution is -2.41. The average Bonchev–Trinajstić information content (AvgIpc) is 3.27. The van der Waals surface area contributed by atoms with Crippen molar-refractivity contribution in [2.75, 3.05) is 13.9 Å². The SMILES string of the molecule is COc1ccc(C2(NC(=O)NCc3ccc4c(c3)OCO4)CC2)cc1. The fourth-order valence-corrected chi connectivity index (χ4v) is 3.02. The van der Waals surface area contributed by atoms with E-state index in [1.54, 1.807) is 7.11 Å². The smallest absolute Gasteiger partial charge is 0.315 e. The summed E-state index contributed by atoms with van der Waals surface area (Å²) in [5.41, 5.74) is 1.81. The lowest BCUT2D eigenvalue weighted by Gasteiger charge is -2.19. The molecule has 25 heavy (non-hydrogen) atoms. The molecule has 0 radical (unpaired) electrons. The molecule has 0 atom stereocenters. The third-order valence-electron chi connectivity index (χ3n) is 4.64. The number of carbonyl (C=O) groups excluding carboxylic acids is 1. The molecular formula is C19H20N2O4. The number of hydrogen-bond acceptors (Lipinski definition) is 4. The third-order valence-corrected chi connectivity index (χ3v) is 4.64. The molecule has 1 aliphatic heterocycles. The normalized spacial score (nSPS) is 16.2. The molecule has 2 aromatic rings. The van der Waals surface area contributed by atoms with E-state index in [2.05, 4.69) is 10.6 Å². The van der Waals surface area contributed by atoms with Crippen LogP contribution in [0, 0.1) is 0 Å². The second kappa shape index (κ2) is 6.20. The molecule has 1 fully saturated rings. The fourth-order valence-electron chi connectivity index (χ4n) is 3.02. The molecule has 0 unspecified atom stereocenters. The molecule has 1 aliphatic carbocycles. The molecule has 0 spiro atoms. The van der Waals surface area contributed by atoms with Crippen molar-refractivity contribution in [3.8, 4) is 17.2 Å². The van der Waals surface area contributed by atoms with E-state index in [1.807, 2.05) is 42.5 Å². The number of amides is 2. The lowest BCUT2D eigenvalue weighted by molar-refractivity contribution is 0.174. The first-order chi connectivity index (χ1) is 12.2. The Kier molecular flexibility index (Phi) is 3.87. The van der Waals surface area contributed by atoms with Crippen molar-refractivity contribution in [3.05, 3.63) is 53.6 Å². The molecular weight excluding hydrogens is 320 g/mol. The van der Waals surface area contributed by atoms with Crippen molar-refractivity contribution < 1.29 is 19.0 Å². The molecule has 2 amide bonds. The van der Waals surface area contributed by atoms with Crippen molar-refractivity contribution >= 4 is 6.03 Å². The number of benzene rings is 2. The van der Waals surface area contributed by atoms with Gasteiger partial charge in [0.15, 0.2) is 11.5 Å². The maximum atomic E-state index is 12.3. The molecule has 4 rings (SSSR count). The van der Waals surface area contributed by atoms with Crippen LogP contribution in [0.1, 0.15) is 24.0 Å². The van der Waals surface area contributed by atoms with Crippen molar-refractivity contribution in [2.45, 2.75) is 24.9 Å². The highest BCUT2D eigenvalue weighted by Crippen LogP contribution is 2.45. The number of methoxy groups -OCH3 is 1. The number of urea groups is 1. The average molecular weight is 340 g/mol. The van der Waals surface area contributed by atoms with E-state index in [9.17, 15) is 4.79 Å². The van der Waals surface area contributed by atoms with E-state index in [4.69, 9.17) is 14.2 Å². The molecule has 0 saturated heterocycles. The summed E-state index contributed by atoms with van der Waals surface area (Å²) in [4.78, 5) is 12.3. The van der Waals surface area contributed by atoms with E-state index < -0.39 is 0 Å². The third kappa shape index (κ3) is 3.20. The minimum Gasteiger partial charge on any atom is -0.497 e. The summed E-state index contributed by atoms with van der Waals surface area (Å²) in [5.74, 6) is 2.27. The molecule has 1 saturated carbocycles. The number of rotatable bonds is 5. The summed E-state index contributed by atoms with van der Waals surface area (Å²) in [7, 11) is 1.64. The Morgan fingerprint density at radius 3 is 2.60 bits per heavy atom. The van der Waals surface area contributed by atoms with Gasteiger partial charge in [0.25, 0.3) is 0 Å². The summed E-state index contributed by atoms with van der Waals surface area (Å²) in [5, 5.41) is 6.00. The molecule has 130 valence electrons. The molecule has 6 heteroatoms. The van der Waals surface area contributed by atoms with Crippen LogP contribution in [0.15, 0.2) is 42.5 Å². The highest BCUT2D eigenvalue weighted by Gasteiger charge is 2.45. The lowest BCUT2D eigenvalue weighted by atomic mass is 10.1. The topological polar surface area (TPSA) is 68.8 Å². The first-order valence-electron chi connectivity index (χ1n) is 8.28. The van der Waals surface area contributed by atoms with Gasteiger partial charge in [0.2, 0.25) is 6.79 Å². The van der Waals surface area contributed by atoms with Crippen LogP contribution in [0.4, 0.5) is 4.79 Å². The maximum Gasteiger partial charge on any atom is 0.315 e. The molecule has 6 nitrogen and oxygen atoms in total. The molecule has 0 bridgehead atoms. The van der Waals surface area contributed by atoms with Crippen molar-refractivity contribution in [2.24, 2.45) is 0 Å². The number of fused-ring (bicyclic) bond motifs is 1. The predicted molar refractivity (Wildman–Crippen MR) is 91.8 cm³/mol. The van der Waals surface area contributed by atoms with Crippen molar-refractivity contribution in [1.82, 2.24) is 10.6 Å². The number of ether oxygens (including phenoxy) is 3. The van der Waals surface area contributed by atoms with Crippen LogP contribution in [0.2, 0.25) is 0 Å². The first-order valence-corrected chi connectivity index (χ1v) is 8.28. The number of nitrogens with one attached hydrogen (secondary N) is 2. The standard InChI is InChI=1S/C19H20N2O4/c1-23-15-5-3-14(4-6-15)19(8-9-19)21-18(22)20-11-13-2-7-16-17(10-13)25-12-24-16/h2-7,10H,8-9,11-12H2,1H3,(H2,20,21,22). The summed E-state index contributed by atoms with van der Waals surface area (Å²) < 4.78 is 15.8. The second-order valence-electron chi connectivity index (χ2n) is 6.31. The van der Waals surface area contributed by atoms with E-state index in [0.29, 0.717) is 6.54 Å². The quantitative estimate of drug-likeness (QED) is 0.878. The van der Waals surface area contributed by atoms with Gasteiger partial charge < -0.3 is 24.8 Å². The van der Waals surface area contributed by atoms with Gasteiger partial charge in [0.05, 0.1) is 12.6 Å². The highest BCUT2D eigenvalue weighted by molar-refractivity contribution is 5.75. The molecule has 0 aromatic heterocycles. The Bertz CT molecular complexity index is 785. The van der Waals surface area contributed by atoms with E-state index >= 15 is 0 Å². The van der Waals surface area contributed by atoms with Gasteiger partial charge in [-0.2, -0.15) is 0 Å². The van der Waals surface area contributed by atoms with Gasteiger partial charge in [-0.25, -0.2) is 4.79 Å². The van der Waals surface area contributed by atoms with Crippen LogP contribution >= 0.6 is 0 Å². The predicted octanol–water partition coefficient (Wildman–Crippen LogP) is 2.91. The Morgan fingerprint density at radius 2 is 1.88 bits per heavy atom. The van der Waals surface area contributed by atoms with Gasteiger partial charge in [-0.1, -0.05) is 18.2 Å². The first kappa shape index (κ1) is 15.6. The van der Waals surface area contributed by atoms with Gasteiger partial charge in [-0.3, -0.25) is 0 Å².